The summed E-state index contributed by atoms with van der Waals surface area (Å²) < 4.78 is 2.50. The van der Waals surface area contributed by atoms with E-state index in [1.165, 1.54) is 42.6 Å². The van der Waals surface area contributed by atoms with Crippen LogP contribution in [0, 0.1) is 0 Å². The lowest BCUT2D eigenvalue weighted by molar-refractivity contribution is 0.701. The summed E-state index contributed by atoms with van der Waals surface area (Å²) in [5.41, 5.74) is 9.56. The lowest BCUT2D eigenvalue weighted by Crippen LogP contribution is -2.04. The molecule has 17 heavy (non-hydrogen) atoms. The molecule has 2 saturated carbocycles. The summed E-state index contributed by atoms with van der Waals surface area (Å²) >= 11 is 0. The van der Waals surface area contributed by atoms with Gasteiger partial charge in [-0.05, 0) is 37.3 Å². The van der Waals surface area contributed by atoms with E-state index in [1.807, 2.05) is 0 Å². The largest absolute Gasteiger partial charge is 0.326 e. The summed E-state index contributed by atoms with van der Waals surface area (Å²) in [6.07, 6.45) is 5.25. The first-order valence-electron chi connectivity index (χ1n) is 6.58. The van der Waals surface area contributed by atoms with Gasteiger partial charge in [0.15, 0.2) is 0 Å². The molecule has 2 aliphatic rings. The van der Waals surface area contributed by atoms with Crippen molar-refractivity contribution in [2.45, 2.75) is 44.2 Å². The molecular formula is C14H17N3. The highest BCUT2D eigenvalue weighted by atomic mass is 15.1. The second kappa shape index (κ2) is 3.33. The molecular weight excluding hydrogens is 210 g/mol. The summed E-state index contributed by atoms with van der Waals surface area (Å²) in [5.74, 6) is 2.04. The van der Waals surface area contributed by atoms with E-state index in [2.05, 4.69) is 22.8 Å². The number of hydrogen-bond donors (Lipinski definition) is 1. The normalized spacial score (nSPS) is 20.1. The zero-order valence-electron chi connectivity index (χ0n) is 9.89. The van der Waals surface area contributed by atoms with Gasteiger partial charge in [-0.3, -0.25) is 0 Å². The van der Waals surface area contributed by atoms with E-state index in [-0.39, 0.29) is 0 Å². The van der Waals surface area contributed by atoms with Crippen LogP contribution in [0.5, 0.6) is 0 Å². The topological polar surface area (TPSA) is 43.8 Å². The summed E-state index contributed by atoms with van der Waals surface area (Å²) in [4.78, 5) is 4.85. The molecule has 1 aromatic heterocycles. The maximum Gasteiger partial charge on any atom is 0.113 e. The summed E-state index contributed by atoms with van der Waals surface area (Å²) in [6.45, 7) is 0.611. The third-order valence-electron chi connectivity index (χ3n) is 3.90. The minimum Gasteiger partial charge on any atom is -0.326 e. The maximum absolute atomic E-state index is 5.87. The van der Waals surface area contributed by atoms with Gasteiger partial charge in [-0.15, -0.1) is 0 Å². The van der Waals surface area contributed by atoms with Gasteiger partial charge >= 0.3 is 0 Å². The van der Waals surface area contributed by atoms with Crippen LogP contribution in [-0.4, -0.2) is 9.55 Å². The molecule has 3 heteroatoms. The molecule has 0 atom stereocenters. The number of para-hydroxylation sites is 1. The molecule has 88 valence electrons. The standard InChI is InChI=1S/C14H17N3/c15-8-10-2-1-3-12-13(10)17(11-6-7-11)14(16-12)9-4-5-9/h1-3,9,11H,4-8,15H2. The Morgan fingerprint density at radius 2 is 2.06 bits per heavy atom. The van der Waals surface area contributed by atoms with Gasteiger partial charge in [0.2, 0.25) is 0 Å². The Hall–Kier alpha value is -1.35. The fourth-order valence-electron chi connectivity index (χ4n) is 2.73. The van der Waals surface area contributed by atoms with E-state index < -0.39 is 0 Å². The number of rotatable bonds is 3. The third kappa shape index (κ3) is 1.42. The van der Waals surface area contributed by atoms with Gasteiger partial charge in [0.1, 0.15) is 5.82 Å². The first-order chi connectivity index (χ1) is 8.38. The molecule has 0 radical (unpaired) electrons. The van der Waals surface area contributed by atoms with Crippen molar-refractivity contribution in [3.8, 4) is 0 Å². The Balaban J connectivity index is 2.02. The molecule has 1 heterocycles. The van der Waals surface area contributed by atoms with E-state index in [9.17, 15) is 0 Å². The van der Waals surface area contributed by atoms with Crippen LogP contribution in [0.25, 0.3) is 11.0 Å². The third-order valence-corrected chi connectivity index (χ3v) is 3.90. The van der Waals surface area contributed by atoms with Crippen LogP contribution in [0.1, 0.15) is 49.0 Å². The average molecular weight is 227 g/mol. The van der Waals surface area contributed by atoms with E-state index in [1.54, 1.807) is 0 Å². The number of nitrogens with zero attached hydrogens (tertiary/aromatic N) is 2. The molecule has 2 aliphatic carbocycles. The molecule has 4 rings (SSSR count). The lowest BCUT2D eigenvalue weighted by atomic mass is 10.2. The first kappa shape index (κ1) is 9.66. The monoisotopic (exact) mass is 227 g/mol. The molecule has 0 spiro atoms. The van der Waals surface area contributed by atoms with Gasteiger partial charge in [-0.25, -0.2) is 4.98 Å². The van der Waals surface area contributed by atoms with E-state index in [4.69, 9.17) is 10.7 Å². The Labute approximate surface area is 101 Å². The van der Waals surface area contributed by atoms with Crippen molar-refractivity contribution in [3.05, 3.63) is 29.6 Å². The van der Waals surface area contributed by atoms with E-state index >= 15 is 0 Å². The average Bonchev–Trinajstić information content (AvgIpc) is 3.24. The second-order valence-corrected chi connectivity index (χ2v) is 5.33. The first-order valence-corrected chi connectivity index (χ1v) is 6.58. The number of fused-ring (bicyclic) bond motifs is 1. The molecule has 1 aromatic carbocycles. The smallest absolute Gasteiger partial charge is 0.113 e. The van der Waals surface area contributed by atoms with Gasteiger partial charge < -0.3 is 10.3 Å². The predicted molar refractivity (Wildman–Crippen MR) is 67.9 cm³/mol. The Bertz CT molecular complexity index is 576. The van der Waals surface area contributed by atoms with E-state index in [0.717, 1.165) is 5.52 Å². The number of imidazole rings is 1. The molecule has 2 fully saturated rings. The number of hydrogen-bond acceptors (Lipinski definition) is 2. The number of nitrogens with two attached hydrogens (primary N) is 1. The Morgan fingerprint density at radius 1 is 1.24 bits per heavy atom. The quantitative estimate of drug-likeness (QED) is 0.876. The molecule has 3 nitrogen and oxygen atoms in total. The highest BCUT2D eigenvalue weighted by Crippen LogP contribution is 2.46. The molecule has 0 bridgehead atoms. The molecule has 0 aliphatic heterocycles. The van der Waals surface area contributed by atoms with Crippen LogP contribution >= 0.6 is 0 Å². The van der Waals surface area contributed by atoms with Crippen LogP contribution < -0.4 is 5.73 Å². The SMILES string of the molecule is NCc1cccc2nc(C3CC3)n(C3CC3)c12. The highest BCUT2D eigenvalue weighted by molar-refractivity contribution is 5.80. The van der Waals surface area contributed by atoms with Crippen LogP contribution in [-0.2, 0) is 6.54 Å². The molecule has 0 unspecified atom stereocenters. The summed E-state index contributed by atoms with van der Waals surface area (Å²) in [7, 11) is 0. The van der Waals surface area contributed by atoms with Crippen LogP contribution in [0.15, 0.2) is 18.2 Å². The maximum atomic E-state index is 5.87. The van der Waals surface area contributed by atoms with Crippen molar-refractivity contribution in [2.75, 3.05) is 0 Å². The van der Waals surface area contributed by atoms with Crippen molar-refractivity contribution >= 4 is 11.0 Å². The minimum absolute atomic E-state index is 0.611. The summed E-state index contributed by atoms with van der Waals surface area (Å²) in [5, 5.41) is 0. The van der Waals surface area contributed by atoms with Gasteiger partial charge in [-0.1, -0.05) is 12.1 Å². The molecule has 2 N–H and O–H groups in total. The number of aromatic nitrogens is 2. The van der Waals surface area contributed by atoms with Crippen molar-refractivity contribution < 1.29 is 0 Å². The zero-order valence-corrected chi connectivity index (χ0v) is 9.89. The highest BCUT2D eigenvalue weighted by Gasteiger charge is 2.35. The minimum atomic E-state index is 0.611. The molecule has 0 saturated heterocycles. The van der Waals surface area contributed by atoms with Crippen molar-refractivity contribution in [3.63, 3.8) is 0 Å². The summed E-state index contributed by atoms with van der Waals surface area (Å²) in [6, 6.07) is 7.04. The van der Waals surface area contributed by atoms with E-state index in [0.29, 0.717) is 18.5 Å². The lowest BCUT2D eigenvalue weighted by Gasteiger charge is -2.09. The van der Waals surface area contributed by atoms with Crippen LogP contribution in [0.3, 0.4) is 0 Å². The second-order valence-electron chi connectivity index (χ2n) is 5.33. The van der Waals surface area contributed by atoms with Crippen molar-refractivity contribution in [1.29, 1.82) is 0 Å². The Kier molecular flexibility index (Phi) is 1.89. The molecule has 0 amide bonds. The van der Waals surface area contributed by atoms with Gasteiger partial charge in [0.25, 0.3) is 0 Å². The number of benzene rings is 1. The van der Waals surface area contributed by atoms with Crippen molar-refractivity contribution in [2.24, 2.45) is 5.73 Å². The van der Waals surface area contributed by atoms with Crippen LogP contribution in [0.4, 0.5) is 0 Å². The van der Waals surface area contributed by atoms with Gasteiger partial charge in [0.05, 0.1) is 11.0 Å². The zero-order chi connectivity index (χ0) is 11.4. The fraction of sp³-hybridized carbons (Fsp3) is 0.500. The fourth-order valence-corrected chi connectivity index (χ4v) is 2.73. The van der Waals surface area contributed by atoms with Gasteiger partial charge in [-0.2, -0.15) is 0 Å². The Morgan fingerprint density at radius 3 is 2.71 bits per heavy atom. The molecule has 2 aromatic rings. The predicted octanol–water partition coefficient (Wildman–Crippen LogP) is 2.71. The van der Waals surface area contributed by atoms with Crippen molar-refractivity contribution in [1.82, 2.24) is 9.55 Å². The van der Waals surface area contributed by atoms with Crippen LogP contribution in [0.2, 0.25) is 0 Å². The van der Waals surface area contributed by atoms with Gasteiger partial charge in [0, 0.05) is 18.5 Å².